The molecule has 0 unspecified atom stereocenters. The zero-order valence-electron chi connectivity index (χ0n) is 14.6. The molecule has 2 saturated carbocycles. The minimum Gasteiger partial charge on any atom is -0.385 e. The van der Waals surface area contributed by atoms with Crippen LogP contribution in [0.15, 0.2) is 43.0 Å². The summed E-state index contributed by atoms with van der Waals surface area (Å²) in [6.45, 7) is 0. The molecule has 0 spiro atoms. The van der Waals surface area contributed by atoms with Crippen LogP contribution in [0.2, 0.25) is 10.0 Å². The number of imidazole rings is 1. The van der Waals surface area contributed by atoms with Crippen LogP contribution in [0.1, 0.15) is 28.8 Å². The molecule has 2 aromatic heterocycles. The number of pyridine rings is 1. The summed E-state index contributed by atoms with van der Waals surface area (Å²) >= 11 is 12.0. The number of aromatic nitrogens is 2. The van der Waals surface area contributed by atoms with Crippen molar-refractivity contribution < 1.29 is 14.3 Å². The Bertz CT molecular complexity index is 1080. The molecule has 1 aromatic carbocycles. The van der Waals surface area contributed by atoms with Crippen LogP contribution in [-0.4, -0.2) is 26.4 Å². The smallest absolute Gasteiger partial charge is 0.251 e. The van der Waals surface area contributed by atoms with E-state index < -0.39 is 11.4 Å². The van der Waals surface area contributed by atoms with Gasteiger partial charge in [-0.1, -0.05) is 23.2 Å². The number of hydrogen-bond acceptors (Lipinski definition) is 3. The normalized spacial score (nSPS) is 28.4. The number of rotatable bonds is 3. The van der Waals surface area contributed by atoms with Crippen LogP contribution in [0.5, 0.6) is 0 Å². The Morgan fingerprint density at radius 2 is 1.96 bits per heavy atom. The molecule has 0 aliphatic heterocycles. The van der Waals surface area contributed by atoms with Gasteiger partial charge in [0.25, 0.3) is 5.91 Å². The summed E-state index contributed by atoms with van der Waals surface area (Å²) in [5, 5.41) is 14.9. The standard InChI is InChI=1S/C20H16Cl2FN3O2/c21-11-1-10(2-13(23)3-11)19(27)25-18-14-5-20(28,6-15(14)18)16-4-12(22)8-26-9-24-7-17(16)26/h1-4,7-9,14-15,18,28H,5-6H2,(H,25,27)/t14-,15+,18-,20+. The van der Waals surface area contributed by atoms with Crippen molar-refractivity contribution in [3.05, 3.63) is 70.0 Å². The first-order valence-electron chi connectivity index (χ1n) is 8.95. The molecule has 0 radical (unpaired) electrons. The molecular weight excluding hydrogens is 404 g/mol. The molecule has 144 valence electrons. The molecule has 0 bridgehead atoms. The predicted octanol–water partition coefficient (Wildman–Crippen LogP) is 3.81. The van der Waals surface area contributed by atoms with Gasteiger partial charge in [0.2, 0.25) is 0 Å². The first-order chi connectivity index (χ1) is 13.3. The van der Waals surface area contributed by atoms with Gasteiger partial charge in [-0.25, -0.2) is 9.37 Å². The van der Waals surface area contributed by atoms with Crippen LogP contribution in [0.25, 0.3) is 5.52 Å². The van der Waals surface area contributed by atoms with Crippen LogP contribution >= 0.6 is 23.2 Å². The predicted molar refractivity (Wildman–Crippen MR) is 103 cm³/mol. The lowest BCUT2D eigenvalue weighted by atomic mass is 9.88. The Balaban J connectivity index is 1.32. The molecule has 2 aliphatic rings. The van der Waals surface area contributed by atoms with Crippen LogP contribution < -0.4 is 5.32 Å². The van der Waals surface area contributed by atoms with Gasteiger partial charge >= 0.3 is 0 Å². The largest absolute Gasteiger partial charge is 0.385 e. The molecular formula is C20H16Cl2FN3O2. The van der Waals surface area contributed by atoms with Gasteiger partial charge in [-0.15, -0.1) is 0 Å². The monoisotopic (exact) mass is 419 g/mol. The average molecular weight is 420 g/mol. The van der Waals surface area contributed by atoms with Crippen molar-refractivity contribution in [3.8, 4) is 0 Å². The van der Waals surface area contributed by atoms with Gasteiger partial charge in [-0.3, -0.25) is 4.79 Å². The highest BCUT2D eigenvalue weighted by molar-refractivity contribution is 6.31. The van der Waals surface area contributed by atoms with Crippen molar-refractivity contribution in [1.29, 1.82) is 0 Å². The second kappa shape index (κ2) is 6.17. The number of aliphatic hydroxyl groups is 1. The van der Waals surface area contributed by atoms with Gasteiger partial charge in [0.1, 0.15) is 5.82 Å². The van der Waals surface area contributed by atoms with E-state index in [2.05, 4.69) is 10.3 Å². The van der Waals surface area contributed by atoms with Crippen molar-refractivity contribution in [2.24, 2.45) is 11.8 Å². The summed E-state index contributed by atoms with van der Waals surface area (Å²) in [7, 11) is 0. The van der Waals surface area contributed by atoms with Crippen molar-refractivity contribution >= 4 is 34.6 Å². The second-order valence-electron chi connectivity index (χ2n) is 7.68. The van der Waals surface area contributed by atoms with Crippen molar-refractivity contribution in [3.63, 3.8) is 0 Å². The van der Waals surface area contributed by atoms with Gasteiger partial charge in [0, 0.05) is 28.4 Å². The maximum absolute atomic E-state index is 13.5. The van der Waals surface area contributed by atoms with E-state index in [1.807, 2.05) is 0 Å². The molecule has 2 heterocycles. The SMILES string of the molecule is O=C(N[C@@H]1[C@@H]2C[C@@](O)(c3cc(Cl)cn4cncc34)C[C@@H]21)c1cc(F)cc(Cl)c1. The van der Waals surface area contributed by atoms with Crippen molar-refractivity contribution in [2.75, 3.05) is 0 Å². The molecule has 28 heavy (non-hydrogen) atoms. The summed E-state index contributed by atoms with van der Waals surface area (Å²) in [6.07, 6.45) is 6.15. The van der Waals surface area contributed by atoms with E-state index in [4.69, 9.17) is 23.2 Å². The quantitative estimate of drug-likeness (QED) is 0.678. The Kier molecular flexibility index (Phi) is 3.95. The number of carbonyl (C=O) groups excluding carboxylic acids is 1. The zero-order chi connectivity index (χ0) is 19.6. The highest BCUT2D eigenvalue weighted by Crippen LogP contribution is 2.60. The summed E-state index contributed by atoms with van der Waals surface area (Å²) in [5.74, 6) is -0.570. The molecule has 5 nitrogen and oxygen atoms in total. The maximum Gasteiger partial charge on any atom is 0.251 e. The van der Waals surface area contributed by atoms with E-state index in [1.54, 1.807) is 29.2 Å². The number of benzene rings is 1. The minimum absolute atomic E-state index is 0.0325. The number of hydrogen-bond donors (Lipinski definition) is 2. The molecule has 1 amide bonds. The van der Waals surface area contributed by atoms with E-state index in [0.29, 0.717) is 17.9 Å². The van der Waals surface area contributed by atoms with Crippen LogP contribution in [0.3, 0.4) is 0 Å². The lowest BCUT2D eigenvalue weighted by molar-refractivity contribution is 0.0289. The molecule has 2 N–H and O–H groups in total. The van der Waals surface area contributed by atoms with Gasteiger partial charge in [0.15, 0.2) is 0 Å². The molecule has 2 aliphatic carbocycles. The van der Waals surface area contributed by atoms with E-state index in [0.717, 1.165) is 23.2 Å². The summed E-state index contributed by atoms with van der Waals surface area (Å²) in [6, 6.07) is 5.52. The minimum atomic E-state index is -1.01. The van der Waals surface area contributed by atoms with Gasteiger partial charge in [-0.05, 0) is 48.9 Å². The Labute approximate surface area is 170 Å². The number of nitrogens with one attached hydrogen (secondary N) is 1. The maximum atomic E-state index is 13.5. The number of carbonyl (C=O) groups is 1. The Morgan fingerprint density at radius 3 is 2.68 bits per heavy atom. The number of nitrogens with zero attached hydrogens (tertiary/aromatic N) is 2. The third kappa shape index (κ3) is 2.87. The molecule has 0 saturated heterocycles. The van der Waals surface area contributed by atoms with Gasteiger partial charge < -0.3 is 14.8 Å². The van der Waals surface area contributed by atoms with E-state index in [-0.39, 0.29) is 34.4 Å². The van der Waals surface area contributed by atoms with Gasteiger partial charge in [0.05, 0.1) is 28.7 Å². The fourth-order valence-electron chi connectivity index (χ4n) is 4.59. The average Bonchev–Trinajstić information content (AvgIpc) is 3.00. The number of halogens is 3. The van der Waals surface area contributed by atoms with E-state index >= 15 is 0 Å². The van der Waals surface area contributed by atoms with Crippen molar-refractivity contribution in [1.82, 2.24) is 14.7 Å². The molecule has 3 aromatic rings. The summed E-state index contributed by atoms with van der Waals surface area (Å²) in [4.78, 5) is 16.6. The van der Waals surface area contributed by atoms with Crippen LogP contribution in [0, 0.1) is 17.7 Å². The topological polar surface area (TPSA) is 66.6 Å². The number of amides is 1. The molecule has 8 heteroatoms. The third-order valence-electron chi connectivity index (χ3n) is 5.89. The van der Waals surface area contributed by atoms with Crippen LogP contribution in [-0.2, 0) is 5.60 Å². The van der Waals surface area contributed by atoms with Crippen LogP contribution in [0.4, 0.5) is 4.39 Å². The fourth-order valence-corrected chi connectivity index (χ4v) is 5.03. The fraction of sp³-hybridized carbons (Fsp3) is 0.300. The highest BCUT2D eigenvalue weighted by atomic mass is 35.5. The number of fused-ring (bicyclic) bond motifs is 2. The molecule has 5 rings (SSSR count). The second-order valence-corrected chi connectivity index (χ2v) is 8.56. The van der Waals surface area contributed by atoms with E-state index in [1.165, 1.54) is 6.07 Å². The summed E-state index contributed by atoms with van der Waals surface area (Å²) < 4.78 is 15.3. The first-order valence-corrected chi connectivity index (χ1v) is 9.71. The zero-order valence-corrected chi connectivity index (χ0v) is 16.1. The highest BCUT2D eigenvalue weighted by Gasteiger charge is 2.62. The lowest BCUT2D eigenvalue weighted by Gasteiger charge is -2.27. The lowest BCUT2D eigenvalue weighted by Crippen LogP contribution is -2.33. The first kappa shape index (κ1) is 17.9. The Morgan fingerprint density at radius 1 is 1.21 bits per heavy atom. The van der Waals surface area contributed by atoms with Crippen molar-refractivity contribution in [2.45, 2.75) is 24.5 Å². The molecule has 4 atom stereocenters. The van der Waals surface area contributed by atoms with E-state index in [9.17, 15) is 14.3 Å². The third-order valence-corrected chi connectivity index (χ3v) is 6.31. The molecule has 2 fully saturated rings. The van der Waals surface area contributed by atoms with Gasteiger partial charge in [-0.2, -0.15) is 0 Å². The Hall–Kier alpha value is -2.15. The summed E-state index contributed by atoms with van der Waals surface area (Å²) in [5.41, 5.74) is 0.765.